The first kappa shape index (κ1) is 10.6. The number of carbonyl (C=O) groups excluding carboxylic acids is 1. The molecule has 0 aliphatic carbocycles. The lowest BCUT2D eigenvalue weighted by Crippen LogP contribution is -2.04. The zero-order valence-corrected chi connectivity index (χ0v) is 8.41. The molecule has 78 valence electrons. The molecular weight excluding hydrogens is 184 g/mol. The van der Waals surface area contributed by atoms with Crippen molar-refractivity contribution in [1.82, 2.24) is 0 Å². The Morgan fingerprint density at radius 3 is 2.86 bits per heavy atom. The smallest absolute Gasteiger partial charge is 0.374 e. The lowest BCUT2D eigenvalue weighted by atomic mass is 10.4. The van der Waals surface area contributed by atoms with Crippen LogP contribution in [-0.2, 0) is 4.74 Å². The molecule has 1 heterocycles. The van der Waals surface area contributed by atoms with Gasteiger partial charge in [-0.05, 0) is 12.5 Å². The maximum Gasteiger partial charge on any atom is 0.374 e. The summed E-state index contributed by atoms with van der Waals surface area (Å²) >= 11 is 0. The Kier molecular flexibility index (Phi) is 4.04. The molecule has 0 fully saturated rings. The number of carbonyl (C=O) groups is 1. The van der Waals surface area contributed by atoms with Crippen LogP contribution in [-0.4, -0.2) is 19.7 Å². The minimum atomic E-state index is -0.443. The van der Waals surface area contributed by atoms with E-state index in [4.69, 9.17) is 13.9 Å². The van der Waals surface area contributed by atoms with E-state index in [1.165, 1.54) is 13.2 Å². The highest BCUT2D eigenvalue weighted by molar-refractivity contribution is 5.86. The molecule has 4 heteroatoms. The van der Waals surface area contributed by atoms with Crippen molar-refractivity contribution >= 4 is 5.97 Å². The maximum atomic E-state index is 11.3. The number of rotatable bonds is 5. The number of esters is 1. The number of methoxy groups -OCH3 is 1. The molecule has 0 spiro atoms. The first-order chi connectivity index (χ1) is 6.77. The summed E-state index contributed by atoms with van der Waals surface area (Å²) in [5, 5.41) is 0. The van der Waals surface area contributed by atoms with Gasteiger partial charge in [0.25, 0.3) is 5.95 Å². The second kappa shape index (κ2) is 5.32. The molecule has 0 saturated heterocycles. The molecule has 0 unspecified atom stereocenters. The van der Waals surface area contributed by atoms with Crippen molar-refractivity contribution < 1.29 is 18.7 Å². The third-order valence-electron chi connectivity index (χ3n) is 1.71. The van der Waals surface area contributed by atoms with E-state index in [0.717, 1.165) is 12.8 Å². The molecule has 0 amide bonds. The summed E-state index contributed by atoms with van der Waals surface area (Å²) in [6, 6.07) is 3.11. The SMILES string of the molecule is CCCCOC(=O)c1ccc(OC)o1. The van der Waals surface area contributed by atoms with Crippen LogP contribution in [0.3, 0.4) is 0 Å². The number of unbranched alkanes of at least 4 members (excludes halogenated alkanes) is 1. The minimum Gasteiger partial charge on any atom is -0.468 e. The molecule has 0 aliphatic rings. The third kappa shape index (κ3) is 2.80. The van der Waals surface area contributed by atoms with Crippen LogP contribution in [0.4, 0.5) is 0 Å². The van der Waals surface area contributed by atoms with Crippen LogP contribution >= 0.6 is 0 Å². The number of furan rings is 1. The molecule has 0 bridgehead atoms. The van der Waals surface area contributed by atoms with Crippen molar-refractivity contribution in [3.8, 4) is 5.95 Å². The van der Waals surface area contributed by atoms with Gasteiger partial charge in [0.15, 0.2) is 0 Å². The summed E-state index contributed by atoms with van der Waals surface area (Å²) in [6.45, 7) is 2.46. The summed E-state index contributed by atoms with van der Waals surface area (Å²) < 4.78 is 14.8. The molecule has 1 aromatic heterocycles. The van der Waals surface area contributed by atoms with Gasteiger partial charge in [-0.2, -0.15) is 0 Å². The van der Waals surface area contributed by atoms with Gasteiger partial charge in [0.05, 0.1) is 13.7 Å². The van der Waals surface area contributed by atoms with Crippen LogP contribution in [0.5, 0.6) is 5.95 Å². The fourth-order valence-corrected chi connectivity index (χ4v) is 0.920. The molecule has 14 heavy (non-hydrogen) atoms. The maximum absolute atomic E-state index is 11.3. The van der Waals surface area contributed by atoms with Crippen LogP contribution in [0.15, 0.2) is 16.5 Å². The predicted molar refractivity (Wildman–Crippen MR) is 50.5 cm³/mol. The van der Waals surface area contributed by atoms with Crippen LogP contribution in [0.1, 0.15) is 30.3 Å². The van der Waals surface area contributed by atoms with Crippen molar-refractivity contribution in [3.05, 3.63) is 17.9 Å². The van der Waals surface area contributed by atoms with E-state index in [9.17, 15) is 4.79 Å². The van der Waals surface area contributed by atoms with Crippen molar-refractivity contribution in [1.29, 1.82) is 0 Å². The fraction of sp³-hybridized carbons (Fsp3) is 0.500. The van der Waals surface area contributed by atoms with Gasteiger partial charge in [0.1, 0.15) is 0 Å². The second-order valence-electron chi connectivity index (χ2n) is 2.81. The van der Waals surface area contributed by atoms with Crippen molar-refractivity contribution in [2.45, 2.75) is 19.8 Å². The van der Waals surface area contributed by atoms with Gasteiger partial charge >= 0.3 is 5.97 Å². The molecule has 0 aliphatic heterocycles. The van der Waals surface area contributed by atoms with Crippen molar-refractivity contribution in [3.63, 3.8) is 0 Å². The zero-order valence-electron chi connectivity index (χ0n) is 8.41. The quantitative estimate of drug-likeness (QED) is 0.537. The highest BCUT2D eigenvalue weighted by atomic mass is 16.6. The summed E-state index contributed by atoms with van der Waals surface area (Å²) in [4.78, 5) is 11.3. The summed E-state index contributed by atoms with van der Waals surface area (Å²) in [5.74, 6) is 0.0483. The summed E-state index contributed by atoms with van der Waals surface area (Å²) in [6.07, 6.45) is 1.86. The molecule has 1 aromatic rings. The molecule has 0 radical (unpaired) electrons. The molecule has 0 saturated carbocycles. The molecule has 0 aromatic carbocycles. The van der Waals surface area contributed by atoms with Crippen LogP contribution in [0.25, 0.3) is 0 Å². The zero-order chi connectivity index (χ0) is 10.4. The Hall–Kier alpha value is -1.45. The van der Waals surface area contributed by atoms with Gasteiger partial charge in [0, 0.05) is 6.07 Å². The standard InChI is InChI=1S/C10H14O4/c1-3-4-7-13-10(11)8-5-6-9(12-2)14-8/h5-6H,3-4,7H2,1-2H3. The molecular formula is C10H14O4. The van der Waals surface area contributed by atoms with Crippen molar-refractivity contribution in [2.24, 2.45) is 0 Å². The Bertz CT molecular complexity index is 290. The van der Waals surface area contributed by atoms with E-state index in [1.54, 1.807) is 6.07 Å². The van der Waals surface area contributed by atoms with E-state index in [2.05, 4.69) is 0 Å². The number of hydrogen-bond donors (Lipinski definition) is 0. The third-order valence-corrected chi connectivity index (χ3v) is 1.71. The first-order valence-corrected chi connectivity index (χ1v) is 4.59. The average molecular weight is 198 g/mol. The fourth-order valence-electron chi connectivity index (χ4n) is 0.920. The van der Waals surface area contributed by atoms with Gasteiger partial charge < -0.3 is 13.9 Å². The Balaban J connectivity index is 2.44. The van der Waals surface area contributed by atoms with Gasteiger partial charge in [0.2, 0.25) is 5.76 Å². The van der Waals surface area contributed by atoms with E-state index in [1.807, 2.05) is 6.92 Å². The predicted octanol–water partition coefficient (Wildman–Crippen LogP) is 2.25. The molecule has 4 nitrogen and oxygen atoms in total. The normalized spacial score (nSPS) is 9.86. The van der Waals surface area contributed by atoms with Gasteiger partial charge in [-0.3, -0.25) is 0 Å². The monoisotopic (exact) mass is 198 g/mol. The van der Waals surface area contributed by atoms with Crippen molar-refractivity contribution in [2.75, 3.05) is 13.7 Å². The van der Waals surface area contributed by atoms with Crippen LogP contribution in [0, 0.1) is 0 Å². The largest absolute Gasteiger partial charge is 0.468 e. The number of ether oxygens (including phenoxy) is 2. The van der Waals surface area contributed by atoms with Crippen LogP contribution in [0.2, 0.25) is 0 Å². The Morgan fingerprint density at radius 1 is 1.50 bits per heavy atom. The van der Waals surface area contributed by atoms with Crippen LogP contribution < -0.4 is 4.74 Å². The minimum absolute atomic E-state index is 0.179. The highest BCUT2D eigenvalue weighted by Crippen LogP contribution is 2.15. The summed E-state index contributed by atoms with van der Waals surface area (Å²) in [7, 11) is 1.48. The topological polar surface area (TPSA) is 48.7 Å². The Labute approximate surface area is 82.8 Å². The Morgan fingerprint density at radius 2 is 2.29 bits per heavy atom. The van der Waals surface area contributed by atoms with E-state index in [-0.39, 0.29) is 5.76 Å². The lowest BCUT2D eigenvalue weighted by Gasteiger charge is -2.00. The van der Waals surface area contributed by atoms with E-state index >= 15 is 0 Å². The first-order valence-electron chi connectivity index (χ1n) is 4.59. The van der Waals surface area contributed by atoms with E-state index in [0.29, 0.717) is 12.6 Å². The highest BCUT2D eigenvalue weighted by Gasteiger charge is 2.12. The molecule has 0 N–H and O–H groups in total. The van der Waals surface area contributed by atoms with E-state index < -0.39 is 5.97 Å². The second-order valence-corrected chi connectivity index (χ2v) is 2.81. The van der Waals surface area contributed by atoms with Gasteiger partial charge in [-0.15, -0.1) is 0 Å². The van der Waals surface area contributed by atoms with Gasteiger partial charge in [-0.1, -0.05) is 13.3 Å². The lowest BCUT2D eigenvalue weighted by molar-refractivity contribution is 0.0457. The molecule has 1 rings (SSSR count). The molecule has 0 atom stereocenters. The summed E-state index contributed by atoms with van der Waals surface area (Å²) in [5.41, 5.74) is 0. The average Bonchev–Trinajstić information content (AvgIpc) is 2.66. The number of hydrogen-bond acceptors (Lipinski definition) is 4. The van der Waals surface area contributed by atoms with Gasteiger partial charge in [-0.25, -0.2) is 4.79 Å².